The first-order valence-electron chi connectivity index (χ1n) is 6.70. The Morgan fingerprint density at radius 1 is 1.26 bits per heavy atom. The number of nitrogens with zero attached hydrogens (tertiary/aromatic N) is 2. The maximum Gasteiger partial charge on any atom is 0.127 e. The van der Waals surface area contributed by atoms with Crippen molar-refractivity contribution in [1.29, 1.82) is 0 Å². The predicted molar refractivity (Wildman–Crippen MR) is 90.7 cm³/mol. The van der Waals surface area contributed by atoms with E-state index in [-0.39, 0.29) is 5.38 Å². The van der Waals surface area contributed by atoms with Crippen LogP contribution in [0.4, 0.5) is 0 Å². The monoisotopic (exact) mass is 390 g/mol. The zero-order valence-corrected chi connectivity index (χ0v) is 14.7. The molecule has 1 aromatic heterocycles. The van der Waals surface area contributed by atoms with Gasteiger partial charge in [-0.3, -0.25) is 0 Å². The zero-order chi connectivity index (χ0) is 14.2. The lowest BCUT2D eigenvalue weighted by Crippen LogP contribution is -2.15. The first-order chi connectivity index (χ1) is 8.90. The third-order valence-electron chi connectivity index (χ3n) is 3.70. The molecule has 104 valence electrons. The number of alkyl halides is 1. The van der Waals surface area contributed by atoms with Crippen molar-refractivity contribution in [3.8, 4) is 0 Å². The van der Waals surface area contributed by atoms with Gasteiger partial charge in [0.1, 0.15) is 5.82 Å². The average molecular weight is 391 g/mol. The SMILES string of the molecule is CC(Cl)c1nc2cc(I)ccc2n1CC(C)C(C)C. The predicted octanol–water partition coefficient (Wildman–Crippen LogP) is 5.23. The van der Waals surface area contributed by atoms with Gasteiger partial charge in [-0.25, -0.2) is 4.98 Å². The Morgan fingerprint density at radius 3 is 2.53 bits per heavy atom. The van der Waals surface area contributed by atoms with Crippen LogP contribution in [0.2, 0.25) is 0 Å². The molecule has 0 bridgehead atoms. The Morgan fingerprint density at radius 2 is 1.95 bits per heavy atom. The molecule has 2 nitrogen and oxygen atoms in total. The average Bonchev–Trinajstić information content (AvgIpc) is 2.67. The van der Waals surface area contributed by atoms with Crippen molar-refractivity contribution in [1.82, 2.24) is 9.55 Å². The summed E-state index contributed by atoms with van der Waals surface area (Å²) in [5, 5.41) is -0.0653. The molecule has 0 aliphatic rings. The van der Waals surface area contributed by atoms with Crippen LogP contribution in [-0.4, -0.2) is 9.55 Å². The Kier molecular flexibility index (Phi) is 4.77. The van der Waals surface area contributed by atoms with Gasteiger partial charge in [0, 0.05) is 10.1 Å². The lowest BCUT2D eigenvalue weighted by atomic mass is 9.98. The van der Waals surface area contributed by atoms with Crippen LogP contribution in [0, 0.1) is 15.4 Å². The fraction of sp³-hybridized carbons (Fsp3) is 0.533. The van der Waals surface area contributed by atoms with Crippen LogP contribution in [0.1, 0.15) is 38.9 Å². The molecule has 0 saturated heterocycles. The van der Waals surface area contributed by atoms with E-state index in [1.54, 1.807) is 0 Å². The smallest absolute Gasteiger partial charge is 0.127 e. The number of benzene rings is 1. The maximum absolute atomic E-state index is 6.30. The van der Waals surface area contributed by atoms with Gasteiger partial charge in [-0.05, 0) is 59.5 Å². The van der Waals surface area contributed by atoms with Gasteiger partial charge >= 0.3 is 0 Å². The molecule has 2 rings (SSSR count). The highest BCUT2D eigenvalue weighted by Gasteiger charge is 2.18. The number of fused-ring (bicyclic) bond motifs is 1. The Bertz CT molecular complexity index is 575. The van der Waals surface area contributed by atoms with E-state index in [9.17, 15) is 0 Å². The molecule has 1 aromatic carbocycles. The van der Waals surface area contributed by atoms with E-state index in [2.05, 4.69) is 66.1 Å². The quantitative estimate of drug-likeness (QED) is 0.516. The van der Waals surface area contributed by atoms with Crippen molar-refractivity contribution < 1.29 is 0 Å². The van der Waals surface area contributed by atoms with Crippen LogP contribution in [0.3, 0.4) is 0 Å². The van der Waals surface area contributed by atoms with Crippen LogP contribution < -0.4 is 0 Å². The molecule has 0 radical (unpaired) electrons. The minimum Gasteiger partial charge on any atom is -0.326 e. The highest BCUT2D eigenvalue weighted by molar-refractivity contribution is 14.1. The topological polar surface area (TPSA) is 17.8 Å². The fourth-order valence-electron chi connectivity index (χ4n) is 2.12. The molecule has 0 aliphatic carbocycles. The second-order valence-electron chi connectivity index (χ2n) is 5.55. The van der Waals surface area contributed by atoms with Crippen molar-refractivity contribution in [2.24, 2.45) is 11.8 Å². The Balaban J connectivity index is 2.52. The van der Waals surface area contributed by atoms with E-state index in [0.29, 0.717) is 11.8 Å². The van der Waals surface area contributed by atoms with Gasteiger partial charge in [0.05, 0.1) is 16.4 Å². The van der Waals surface area contributed by atoms with Crippen LogP contribution in [0.15, 0.2) is 18.2 Å². The molecule has 4 heteroatoms. The highest BCUT2D eigenvalue weighted by atomic mass is 127. The number of aromatic nitrogens is 2. The summed E-state index contributed by atoms with van der Waals surface area (Å²) in [5.41, 5.74) is 2.24. The largest absolute Gasteiger partial charge is 0.326 e. The first kappa shape index (κ1) is 15.1. The molecule has 2 unspecified atom stereocenters. The zero-order valence-electron chi connectivity index (χ0n) is 11.8. The van der Waals surface area contributed by atoms with Crippen molar-refractivity contribution in [2.75, 3.05) is 0 Å². The van der Waals surface area contributed by atoms with E-state index < -0.39 is 0 Å². The third kappa shape index (κ3) is 3.24. The molecule has 0 spiro atoms. The summed E-state index contributed by atoms with van der Waals surface area (Å²) in [6, 6.07) is 6.40. The number of halogens is 2. The van der Waals surface area contributed by atoms with Crippen LogP contribution in [0.25, 0.3) is 11.0 Å². The Hall–Kier alpha value is -0.290. The molecular weight excluding hydrogens is 371 g/mol. The number of rotatable bonds is 4. The molecule has 0 amide bonds. The molecule has 0 saturated carbocycles. The van der Waals surface area contributed by atoms with Gasteiger partial charge < -0.3 is 4.57 Å². The van der Waals surface area contributed by atoms with Gasteiger partial charge in [-0.2, -0.15) is 0 Å². The summed E-state index contributed by atoms with van der Waals surface area (Å²) < 4.78 is 3.49. The fourth-order valence-corrected chi connectivity index (χ4v) is 2.76. The maximum atomic E-state index is 6.30. The second kappa shape index (κ2) is 6.00. The summed E-state index contributed by atoms with van der Waals surface area (Å²) in [6.45, 7) is 9.77. The van der Waals surface area contributed by atoms with Gasteiger partial charge in [-0.1, -0.05) is 20.8 Å². The number of hydrogen-bond donors (Lipinski definition) is 0. The molecule has 2 aromatic rings. The standard InChI is InChI=1S/C15H20ClIN2/c1-9(2)10(3)8-19-14-6-5-12(17)7-13(14)18-15(19)11(4)16/h5-7,9-11H,8H2,1-4H3. The molecule has 0 N–H and O–H groups in total. The molecule has 19 heavy (non-hydrogen) atoms. The second-order valence-corrected chi connectivity index (χ2v) is 7.45. The van der Waals surface area contributed by atoms with Crippen molar-refractivity contribution in [2.45, 2.75) is 39.6 Å². The van der Waals surface area contributed by atoms with E-state index in [1.165, 1.54) is 9.09 Å². The third-order valence-corrected chi connectivity index (χ3v) is 4.57. The van der Waals surface area contributed by atoms with Crippen molar-refractivity contribution >= 4 is 45.2 Å². The molecule has 0 fully saturated rings. The van der Waals surface area contributed by atoms with Gasteiger partial charge in [0.2, 0.25) is 0 Å². The summed E-state index contributed by atoms with van der Waals surface area (Å²) in [7, 11) is 0. The summed E-state index contributed by atoms with van der Waals surface area (Å²) in [6.07, 6.45) is 0. The Labute approximate surface area is 133 Å². The van der Waals surface area contributed by atoms with Crippen LogP contribution in [0.5, 0.6) is 0 Å². The lowest BCUT2D eigenvalue weighted by molar-refractivity contribution is 0.364. The normalized spacial score (nSPS) is 15.1. The lowest BCUT2D eigenvalue weighted by Gasteiger charge is -2.19. The van der Waals surface area contributed by atoms with E-state index in [4.69, 9.17) is 16.6 Å². The summed E-state index contributed by atoms with van der Waals surface area (Å²) in [5.74, 6) is 2.23. The van der Waals surface area contributed by atoms with Crippen molar-refractivity contribution in [3.05, 3.63) is 27.6 Å². The van der Waals surface area contributed by atoms with Crippen molar-refractivity contribution in [3.63, 3.8) is 0 Å². The van der Waals surface area contributed by atoms with Gasteiger partial charge in [0.25, 0.3) is 0 Å². The number of hydrogen-bond acceptors (Lipinski definition) is 1. The first-order valence-corrected chi connectivity index (χ1v) is 8.21. The minimum absolute atomic E-state index is 0.0653. The summed E-state index contributed by atoms with van der Waals surface area (Å²) in [4.78, 5) is 4.71. The van der Waals surface area contributed by atoms with E-state index in [0.717, 1.165) is 17.9 Å². The molecular formula is C15H20ClIN2. The molecule has 2 atom stereocenters. The number of imidazole rings is 1. The molecule has 1 heterocycles. The molecule has 0 aliphatic heterocycles. The van der Waals surface area contributed by atoms with E-state index >= 15 is 0 Å². The summed E-state index contributed by atoms with van der Waals surface area (Å²) >= 11 is 8.62. The van der Waals surface area contributed by atoms with Gasteiger partial charge in [-0.15, -0.1) is 11.6 Å². The van der Waals surface area contributed by atoms with E-state index in [1.807, 2.05) is 6.92 Å². The van der Waals surface area contributed by atoms with Crippen LogP contribution >= 0.6 is 34.2 Å². The van der Waals surface area contributed by atoms with Crippen LogP contribution in [-0.2, 0) is 6.54 Å². The van der Waals surface area contributed by atoms with Gasteiger partial charge in [0.15, 0.2) is 0 Å². The minimum atomic E-state index is -0.0653. The highest BCUT2D eigenvalue weighted by Crippen LogP contribution is 2.27.